The van der Waals surface area contributed by atoms with Crippen LogP contribution in [-0.4, -0.2) is 18.5 Å². The molecule has 2 aromatic rings. The Kier molecular flexibility index (Phi) is 6.88. The monoisotopic (exact) mass is 416 g/mol. The molecule has 0 fully saturated rings. The van der Waals surface area contributed by atoms with Crippen molar-refractivity contribution in [1.82, 2.24) is 5.32 Å². The average Bonchev–Trinajstić information content (AvgIpc) is 2.77. The van der Waals surface area contributed by atoms with Gasteiger partial charge in [0.25, 0.3) is 0 Å². The predicted molar refractivity (Wildman–Crippen MR) is 115 cm³/mol. The fourth-order valence-electron chi connectivity index (χ4n) is 3.71. The van der Waals surface area contributed by atoms with Crippen molar-refractivity contribution in [3.8, 4) is 6.07 Å². The molecule has 0 saturated carbocycles. The van der Waals surface area contributed by atoms with Gasteiger partial charge < -0.3 is 14.8 Å². The number of nitrogens with one attached hydrogen (secondary N) is 1. The van der Waals surface area contributed by atoms with Gasteiger partial charge in [0.15, 0.2) is 0 Å². The lowest BCUT2D eigenvalue weighted by atomic mass is 9.79. The van der Waals surface area contributed by atoms with E-state index in [1.807, 2.05) is 30.3 Å². The highest BCUT2D eigenvalue weighted by molar-refractivity contribution is 6.00. The summed E-state index contributed by atoms with van der Waals surface area (Å²) in [5.74, 6) is -1.87. The lowest BCUT2D eigenvalue weighted by Crippen LogP contribution is -2.32. The second-order valence-corrected chi connectivity index (χ2v) is 7.12. The quantitative estimate of drug-likeness (QED) is 0.714. The third-order valence-corrected chi connectivity index (χ3v) is 5.08. The van der Waals surface area contributed by atoms with Crippen molar-refractivity contribution in [1.29, 1.82) is 5.26 Å². The highest BCUT2D eigenvalue weighted by Gasteiger charge is 2.39. The molecule has 2 aromatic carbocycles. The number of hydrogen-bond acceptors (Lipinski definition) is 6. The van der Waals surface area contributed by atoms with Crippen LogP contribution in [0, 0.1) is 11.3 Å². The number of rotatable bonds is 6. The number of allylic oxidation sites excluding steroid dienone is 2. The Bertz CT molecular complexity index is 1090. The number of esters is 2. The van der Waals surface area contributed by atoms with Gasteiger partial charge in [-0.15, -0.1) is 0 Å². The first-order chi connectivity index (χ1) is 15.0. The molecule has 0 aromatic heterocycles. The Morgan fingerprint density at radius 1 is 0.935 bits per heavy atom. The molecule has 0 radical (unpaired) electrons. The molecule has 6 heteroatoms. The van der Waals surface area contributed by atoms with Crippen molar-refractivity contribution < 1.29 is 19.1 Å². The van der Waals surface area contributed by atoms with Crippen LogP contribution in [0.2, 0.25) is 0 Å². The van der Waals surface area contributed by atoms with Crippen LogP contribution in [0.1, 0.15) is 43.4 Å². The van der Waals surface area contributed by atoms with Gasteiger partial charge in [-0.2, -0.15) is 5.26 Å². The summed E-state index contributed by atoms with van der Waals surface area (Å²) in [6.45, 7) is 5.52. The third kappa shape index (κ3) is 4.67. The van der Waals surface area contributed by atoms with Gasteiger partial charge in [0, 0.05) is 11.4 Å². The number of nitriles is 1. The minimum Gasteiger partial charge on any atom is -0.463 e. The molecule has 1 aliphatic heterocycles. The molecule has 1 aliphatic rings. The van der Waals surface area contributed by atoms with E-state index in [0.29, 0.717) is 28.1 Å². The number of nitrogens with zero attached hydrogens (tertiary/aromatic N) is 1. The van der Waals surface area contributed by atoms with Crippen LogP contribution in [0.15, 0.2) is 77.1 Å². The Morgan fingerprint density at radius 2 is 1.52 bits per heavy atom. The lowest BCUT2D eigenvalue weighted by molar-refractivity contribution is -0.140. The molecule has 0 saturated heterocycles. The number of benzene rings is 2. The van der Waals surface area contributed by atoms with Gasteiger partial charge in [0.2, 0.25) is 0 Å². The van der Waals surface area contributed by atoms with Gasteiger partial charge in [-0.05, 0) is 38.0 Å². The van der Waals surface area contributed by atoms with E-state index in [4.69, 9.17) is 9.47 Å². The van der Waals surface area contributed by atoms with Crippen LogP contribution in [0.5, 0.6) is 0 Å². The molecule has 1 atom stereocenters. The second kappa shape index (κ2) is 9.77. The van der Waals surface area contributed by atoms with E-state index in [0.717, 1.165) is 5.56 Å². The summed E-state index contributed by atoms with van der Waals surface area (Å²) < 4.78 is 10.9. The molecule has 6 nitrogen and oxygen atoms in total. The SMILES string of the molecule is CCOC(=O)C1=C(C)NC(C)=C(C(=O)OCc2ccccc2)C1c1ccccc1C#N. The van der Waals surface area contributed by atoms with Crippen LogP contribution < -0.4 is 5.32 Å². The summed E-state index contributed by atoms with van der Waals surface area (Å²) in [4.78, 5) is 26.1. The van der Waals surface area contributed by atoms with Crippen LogP contribution in [-0.2, 0) is 25.7 Å². The highest BCUT2D eigenvalue weighted by Crippen LogP contribution is 2.40. The van der Waals surface area contributed by atoms with E-state index >= 15 is 0 Å². The van der Waals surface area contributed by atoms with Gasteiger partial charge in [-0.1, -0.05) is 48.5 Å². The van der Waals surface area contributed by atoms with E-state index in [1.165, 1.54) is 0 Å². The zero-order valence-corrected chi connectivity index (χ0v) is 17.8. The largest absolute Gasteiger partial charge is 0.463 e. The zero-order valence-electron chi connectivity index (χ0n) is 17.8. The van der Waals surface area contributed by atoms with Crippen molar-refractivity contribution in [2.24, 2.45) is 0 Å². The summed E-state index contributed by atoms with van der Waals surface area (Å²) in [7, 11) is 0. The maximum Gasteiger partial charge on any atom is 0.337 e. The van der Waals surface area contributed by atoms with Crippen LogP contribution in [0.3, 0.4) is 0 Å². The number of hydrogen-bond donors (Lipinski definition) is 1. The van der Waals surface area contributed by atoms with Gasteiger partial charge >= 0.3 is 11.9 Å². The minimum atomic E-state index is -0.778. The molecular weight excluding hydrogens is 392 g/mol. The molecule has 0 aliphatic carbocycles. The molecule has 1 heterocycles. The molecular formula is C25H24N2O4. The number of ether oxygens (including phenoxy) is 2. The van der Waals surface area contributed by atoms with Gasteiger partial charge in [-0.3, -0.25) is 0 Å². The molecule has 158 valence electrons. The van der Waals surface area contributed by atoms with E-state index in [9.17, 15) is 14.9 Å². The van der Waals surface area contributed by atoms with E-state index in [1.54, 1.807) is 45.0 Å². The molecule has 0 spiro atoms. The molecule has 3 rings (SSSR count). The van der Waals surface area contributed by atoms with Crippen molar-refractivity contribution in [3.63, 3.8) is 0 Å². The Hall–Kier alpha value is -3.85. The normalized spacial score (nSPS) is 15.7. The van der Waals surface area contributed by atoms with Crippen molar-refractivity contribution in [2.75, 3.05) is 6.61 Å². The summed E-state index contributed by atoms with van der Waals surface area (Å²) >= 11 is 0. The zero-order chi connectivity index (χ0) is 22.4. The Morgan fingerprint density at radius 3 is 2.13 bits per heavy atom. The summed E-state index contributed by atoms with van der Waals surface area (Å²) in [6, 6.07) is 18.4. The Labute approximate surface area is 181 Å². The molecule has 0 amide bonds. The van der Waals surface area contributed by atoms with Crippen molar-refractivity contribution in [2.45, 2.75) is 33.3 Å². The average molecular weight is 416 g/mol. The molecule has 1 unspecified atom stereocenters. The fourth-order valence-corrected chi connectivity index (χ4v) is 3.71. The maximum absolute atomic E-state index is 13.2. The van der Waals surface area contributed by atoms with Crippen molar-refractivity contribution >= 4 is 11.9 Å². The number of carbonyl (C=O) groups excluding carboxylic acids is 2. The van der Waals surface area contributed by atoms with E-state index < -0.39 is 17.9 Å². The summed E-state index contributed by atoms with van der Waals surface area (Å²) in [6.07, 6.45) is 0. The first-order valence-corrected chi connectivity index (χ1v) is 10.0. The first-order valence-electron chi connectivity index (χ1n) is 10.0. The minimum absolute atomic E-state index is 0.0977. The summed E-state index contributed by atoms with van der Waals surface area (Å²) in [5, 5.41) is 12.8. The van der Waals surface area contributed by atoms with Gasteiger partial charge in [-0.25, -0.2) is 9.59 Å². The topological polar surface area (TPSA) is 88.4 Å². The third-order valence-electron chi connectivity index (χ3n) is 5.08. The maximum atomic E-state index is 13.2. The second-order valence-electron chi connectivity index (χ2n) is 7.12. The van der Waals surface area contributed by atoms with Gasteiger partial charge in [0.1, 0.15) is 6.61 Å². The lowest BCUT2D eigenvalue weighted by Gasteiger charge is -2.30. The summed E-state index contributed by atoms with van der Waals surface area (Å²) in [5.41, 5.74) is 3.51. The van der Waals surface area contributed by atoms with Crippen molar-refractivity contribution in [3.05, 3.63) is 93.8 Å². The molecule has 31 heavy (non-hydrogen) atoms. The molecule has 0 bridgehead atoms. The Balaban J connectivity index is 2.06. The predicted octanol–water partition coefficient (Wildman–Crippen LogP) is 4.10. The van der Waals surface area contributed by atoms with Crippen LogP contribution in [0.4, 0.5) is 0 Å². The number of carbonyl (C=O) groups is 2. The first kappa shape index (κ1) is 21.8. The van der Waals surface area contributed by atoms with E-state index in [2.05, 4.69) is 11.4 Å². The van der Waals surface area contributed by atoms with E-state index in [-0.39, 0.29) is 18.8 Å². The van der Waals surface area contributed by atoms with Crippen LogP contribution >= 0.6 is 0 Å². The standard InChI is InChI=1S/C25H24N2O4/c1-4-30-24(28)21-16(2)27-17(3)22(23(21)20-13-9-8-12-19(20)14-26)25(29)31-15-18-10-6-5-7-11-18/h5-13,23,27H,4,15H2,1-3H3. The van der Waals surface area contributed by atoms with Gasteiger partial charge in [0.05, 0.1) is 35.3 Å². The highest BCUT2D eigenvalue weighted by atomic mass is 16.5. The van der Waals surface area contributed by atoms with Crippen LogP contribution in [0.25, 0.3) is 0 Å². The smallest absolute Gasteiger partial charge is 0.337 e. The number of dihydropyridines is 1. The molecule has 1 N–H and O–H groups in total. The fraction of sp³-hybridized carbons (Fsp3) is 0.240.